The Balaban J connectivity index is 1.76. The highest BCUT2D eigenvalue weighted by Crippen LogP contribution is 2.15. The minimum atomic E-state index is -0.267. The molecule has 0 saturated heterocycles. The number of carbonyl (C=O) groups excluding carboxylic acids is 1. The van der Waals surface area contributed by atoms with Gasteiger partial charge in [0.1, 0.15) is 5.82 Å². The number of hydrogen-bond donors (Lipinski definition) is 2. The summed E-state index contributed by atoms with van der Waals surface area (Å²) in [5.41, 5.74) is 2.33. The summed E-state index contributed by atoms with van der Waals surface area (Å²) in [7, 11) is 0. The standard InChI is InChI=1S/C18H18N4O2/c1-12-16(18(24)20-13(2)19-12)11-17(23)21-14-6-5-7-15(10-14)22-8-3-4-9-22/h3-10H,11H2,1-2H3,(H,21,23)(H,19,20,24). The van der Waals surface area contributed by atoms with Gasteiger partial charge >= 0.3 is 0 Å². The second-order valence-corrected chi connectivity index (χ2v) is 5.58. The Morgan fingerprint density at radius 2 is 1.96 bits per heavy atom. The molecule has 3 rings (SSSR count). The first kappa shape index (κ1) is 15.7. The Hall–Kier alpha value is -3.15. The summed E-state index contributed by atoms with van der Waals surface area (Å²) in [6, 6.07) is 11.4. The maximum absolute atomic E-state index is 12.3. The van der Waals surface area contributed by atoms with Crippen molar-refractivity contribution in [2.45, 2.75) is 20.3 Å². The number of H-pyrrole nitrogens is 1. The van der Waals surface area contributed by atoms with Crippen molar-refractivity contribution in [3.05, 3.63) is 76.2 Å². The first-order valence-electron chi connectivity index (χ1n) is 7.62. The third-order valence-corrected chi connectivity index (χ3v) is 3.71. The van der Waals surface area contributed by atoms with Gasteiger partial charge in [0.05, 0.1) is 6.42 Å². The lowest BCUT2D eigenvalue weighted by molar-refractivity contribution is -0.115. The Kier molecular flexibility index (Phi) is 4.29. The molecule has 0 atom stereocenters. The lowest BCUT2D eigenvalue weighted by atomic mass is 10.1. The SMILES string of the molecule is Cc1nc(C)c(CC(=O)Nc2cccc(-n3cccc3)c2)c(=O)[nH]1. The minimum Gasteiger partial charge on any atom is -0.326 e. The van der Waals surface area contributed by atoms with E-state index in [1.54, 1.807) is 13.8 Å². The highest BCUT2D eigenvalue weighted by atomic mass is 16.2. The van der Waals surface area contributed by atoms with Gasteiger partial charge in [-0.1, -0.05) is 6.07 Å². The van der Waals surface area contributed by atoms with Crippen LogP contribution >= 0.6 is 0 Å². The molecule has 0 radical (unpaired) electrons. The van der Waals surface area contributed by atoms with E-state index in [1.807, 2.05) is 53.4 Å². The molecule has 0 fully saturated rings. The largest absolute Gasteiger partial charge is 0.326 e. The van der Waals surface area contributed by atoms with E-state index in [2.05, 4.69) is 15.3 Å². The zero-order chi connectivity index (χ0) is 17.1. The average molecular weight is 322 g/mol. The number of anilines is 1. The lowest BCUT2D eigenvalue weighted by Gasteiger charge is -2.09. The normalized spacial score (nSPS) is 10.6. The molecule has 122 valence electrons. The van der Waals surface area contributed by atoms with E-state index in [0.29, 0.717) is 22.8 Å². The van der Waals surface area contributed by atoms with Gasteiger partial charge < -0.3 is 14.9 Å². The molecule has 0 aliphatic heterocycles. The Bertz CT molecular complexity index is 926. The molecule has 6 heteroatoms. The van der Waals surface area contributed by atoms with Crippen molar-refractivity contribution in [1.82, 2.24) is 14.5 Å². The predicted octanol–water partition coefficient (Wildman–Crippen LogP) is 2.36. The number of aryl methyl sites for hydroxylation is 2. The van der Waals surface area contributed by atoms with Gasteiger partial charge in [-0.25, -0.2) is 4.98 Å². The van der Waals surface area contributed by atoms with Crippen LogP contribution in [0.15, 0.2) is 53.6 Å². The van der Waals surface area contributed by atoms with Crippen LogP contribution in [-0.4, -0.2) is 20.4 Å². The number of amides is 1. The predicted molar refractivity (Wildman–Crippen MR) is 92.4 cm³/mol. The first-order chi connectivity index (χ1) is 11.5. The third-order valence-electron chi connectivity index (χ3n) is 3.71. The maximum atomic E-state index is 12.3. The first-order valence-corrected chi connectivity index (χ1v) is 7.62. The molecular formula is C18H18N4O2. The van der Waals surface area contributed by atoms with E-state index in [1.165, 1.54) is 0 Å². The van der Waals surface area contributed by atoms with Crippen molar-refractivity contribution >= 4 is 11.6 Å². The highest BCUT2D eigenvalue weighted by Gasteiger charge is 2.12. The Morgan fingerprint density at radius 3 is 2.67 bits per heavy atom. The van der Waals surface area contributed by atoms with Crippen LogP contribution in [0.3, 0.4) is 0 Å². The summed E-state index contributed by atoms with van der Waals surface area (Å²) in [5.74, 6) is 0.292. The summed E-state index contributed by atoms with van der Waals surface area (Å²) < 4.78 is 1.95. The van der Waals surface area contributed by atoms with Gasteiger partial charge in [-0.2, -0.15) is 0 Å². The van der Waals surface area contributed by atoms with Crippen LogP contribution in [0.1, 0.15) is 17.1 Å². The van der Waals surface area contributed by atoms with E-state index in [-0.39, 0.29) is 17.9 Å². The number of aromatic nitrogens is 3. The van der Waals surface area contributed by atoms with E-state index in [4.69, 9.17) is 0 Å². The van der Waals surface area contributed by atoms with Crippen molar-refractivity contribution in [3.63, 3.8) is 0 Å². The van der Waals surface area contributed by atoms with Gasteiger partial charge in [0.2, 0.25) is 5.91 Å². The van der Waals surface area contributed by atoms with Gasteiger partial charge in [0.15, 0.2) is 0 Å². The summed E-state index contributed by atoms with van der Waals surface area (Å²) in [6.07, 6.45) is 3.85. The zero-order valence-corrected chi connectivity index (χ0v) is 13.5. The maximum Gasteiger partial charge on any atom is 0.254 e. The molecule has 0 aliphatic rings. The zero-order valence-electron chi connectivity index (χ0n) is 13.5. The molecule has 2 aromatic heterocycles. The fourth-order valence-corrected chi connectivity index (χ4v) is 2.58. The minimum absolute atomic E-state index is 0.0117. The van der Waals surface area contributed by atoms with Crippen LogP contribution in [0, 0.1) is 13.8 Å². The van der Waals surface area contributed by atoms with Crippen molar-refractivity contribution in [2.75, 3.05) is 5.32 Å². The van der Waals surface area contributed by atoms with Crippen LogP contribution in [0.5, 0.6) is 0 Å². The number of nitrogens with zero attached hydrogens (tertiary/aromatic N) is 2. The van der Waals surface area contributed by atoms with Gasteiger partial charge in [-0.05, 0) is 44.2 Å². The highest BCUT2D eigenvalue weighted by molar-refractivity contribution is 5.92. The fourth-order valence-electron chi connectivity index (χ4n) is 2.58. The second kappa shape index (κ2) is 6.54. The van der Waals surface area contributed by atoms with E-state index < -0.39 is 0 Å². The Labute approximate surface area is 139 Å². The molecule has 24 heavy (non-hydrogen) atoms. The number of hydrogen-bond acceptors (Lipinski definition) is 3. The quantitative estimate of drug-likeness (QED) is 0.774. The number of benzene rings is 1. The molecule has 6 nitrogen and oxygen atoms in total. The smallest absolute Gasteiger partial charge is 0.254 e. The molecule has 3 aromatic rings. The number of nitrogens with one attached hydrogen (secondary N) is 2. The molecule has 1 amide bonds. The topological polar surface area (TPSA) is 79.8 Å². The number of carbonyl (C=O) groups is 1. The molecule has 2 N–H and O–H groups in total. The molecule has 0 saturated carbocycles. The van der Waals surface area contributed by atoms with Crippen LogP contribution in [0.4, 0.5) is 5.69 Å². The van der Waals surface area contributed by atoms with Gasteiger partial charge in [-0.15, -0.1) is 0 Å². The summed E-state index contributed by atoms with van der Waals surface area (Å²) in [6.45, 7) is 3.45. The van der Waals surface area contributed by atoms with Crippen molar-refractivity contribution in [2.24, 2.45) is 0 Å². The Morgan fingerprint density at radius 1 is 1.21 bits per heavy atom. The lowest BCUT2D eigenvalue weighted by Crippen LogP contribution is -2.24. The molecular weight excluding hydrogens is 304 g/mol. The fraction of sp³-hybridized carbons (Fsp3) is 0.167. The average Bonchev–Trinajstić information content (AvgIpc) is 3.05. The van der Waals surface area contributed by atoms with Crippen molar-refractivity contribution in [1.29, 1.82) is 0 Å². The van der Waals surface area contributed by atoms with E-state index in [0.717, 1.165) is 5.69 Å². The van der Waals surface area contributed by atoms with Crippen molar-refractivity contribution < 1.29 is 4.79 Å². The van der Waals surface area contributed by atoms with E-state index >= 15 is 0 Å². The van der Waals surface area contributed by atoms with Gasteiger partial charge in [0, 0.05) is 35.0 Å². The second-order valence-electron chi connectivity index (χ2n) is 5.58. The summed E-state index contributed by atoms with van der Waals surface area (Å²) in [5, 5.41) is 2.83. The third kappa shape index (κ3) is 3.43. The molecule has 0 aliphatic carbocycles. The summed E-state index contributed by atoms with van der Waals surface area (Å²) in [4.78, 5) is 31.1. The van der Waals surface area contributed by atoms with Gasteiger partial charge in [0.25, 0.3) is 5.56 Å². The monoisotopic (exact) mass is 322 g/mol. The van der Waals surface area contributed by atoms with Crippen LogP contribution in [-0.2, 0) is 11.2 Å². The molecule has 0 unspecified atom stereocenters. The summed E-state index contributed by atoms with van der Waals surface area (Å²) >= 11 is 0. The number of aromatic amines is 1. The van der Waals surface area contributed by atoms with Crippen LogP contribution in [0.2, 0.25) is 0 Å². The molecule has 1 aromatic carbocycles. The van der Waals surface area contributed by atoms with E-state index in [9.17, 15) is 9.59 Å². The van der Waals surface area contributed by atoms with Crippen LogP contribution < -0.4 is 10.9 Å². The molecule has 0 spiro atoms. The number of rotatable bonds is 4. The molecule has 0 bridgehead atoms. The van der Waals surface area contributed by atoms with Crippen molar-refractivity contribution in [3.8, 4) is 5.69 Å². The van der Waals surface area contributed by atoms with Crippen LogP contribution in [0.25, 0.3) is 5.69 Å². The molecule has 2 heterocycles. The van der Waals surface area contributed by atoms with Gasteiger partial charge in [-0.3, -0.25) is 9.59 Å².